The third-order valence-electron chi connectivity index (χ3n) is 4.13. The van der Waals surface area contributed by atoms with Crippen molar-refractivity contribution in [3.8, 4) is 5.75 Å². The van der Waals surface area contributed by atoms with Crippen LogP contribution in [0.3, 0.4) is 0 Å². The van der Waals surface area contributed by atoms with E-state index in [4.69, 9.17) is 16.3 Å². The fourth-order valence-electron chi connectivity index (χ4n) is 2.59. The van der Waals surface area contributed by atoms with Gasteiger partial charge >= 0.3 is 0 Å². The molecule has 0 spiro atoms. The monoisotopic (exact) mass is 394 g/mol. The Kier molecular flexibility index (Phi) is 5.96. The first kappa shape index (κ1) is 19.5. The van der Waals surface area contributed by atoms with Gasteiger partial charge in [0.05, 0.1) is 12.8 Å². The lowest BCUT2D eigenvalue weighted by molar-refractivity contribution is 0.101. The van der Waals surface area contributed by atoms with Crippen LogP contribution in [0.1, 0.15) is 26.3 Å². The Labute approximate surface area is 168 Å². The van der Waals surface area contributed by atoms with Crippen LogP contribution in [-0.4, -0.2) is 18.9 Å². The predicted octanol–water partition coefficient (Wildman–Crippen LogP) is 5.16. The SMILES string of the molecule is COc1ccc(Cl)cc1NC(=O)c1ccc(C(=O)Nc2ccc(C)cc2)cc1. The van der Waals surface area contributed by atoms with E-state index in [-0.39, 0.29) is 11.8 Å². The van der Waals surface area contributed by atoms with Crippen molar-refractivity contribution in [2.24, 2.45) is 0 Å². The first-order valence-corrected chi connectivity index (χ1v) is 8.97. The summed E-state index contributed by atoms with van der Waals surface area (Å²) in [6.45, 7) is 1.98. The van der Waals surface area contributed by atoms with E-state index in [0.717, 1.165) is 5.56 Å². The quantitative estimate of drug-likeness (QED) is 0.628. The van der Waals surface area contributed by atoms with Gasteiger partial charge in [0.25, 0.3) is 11.8 Å². The van der Waals surface area contributed by atoms with Crippen molar-refractivity contribution in [3.63, 3.8) is 0 Å². The van der Waals surface area contributed by atoms with Gasteiger partial charge in [-0.1, -0.05) is 29.3 Å². The van der Waals surface area contributed by atoms with Crippen molar-refractivity contribution in [2.45, 2.75) is 6.92 Å². The predicted molar refractivity (Wildman–Crippen MR) is 112 cm³/mol. The molecule has 0 aliphatic heterocycles. The highest BCUT2D eigenvalue weighted by Crippen LogP contribution is 2.28. The number of hydrogen-bond acceptors (Lipinski definition) is 3. The maximum absolute atomic E-state index is 12.5. The zero-order valence-corrected chi connectivity index (χ0v) is 16.2. The number of methoxy groups -OCH3 is 1. The Bertz CT molecular complexity index is 999. The molecule has 0 fully saturated rings. The van der Waals surface area contributed by atoms with Gasteiger partial charge in [0, 0.05) is 21.8 Å². The third kappa shape index (κ3) is 4.69. The van der Waals surface area contributed by atoms with Gasteiger partial charge in [-0.2, -0.15) is 0 Å². The second-order valence-electron chi connectivity index (χ2n) is 6.20. The normalized spacial score (nSPS) is 10.2. The van der Waals surface area contributed by atoms with Crippen molar-refractivity contribution in [3.05, 3.63) is 88.4 Å². The van der Waals surface area contributed by atoms with Crippen LogP contribution in [-0.2, 0) is 0 Å². The summed E-state index contributed by atoms with van der Waals surface area (Å²) in [5.74, 6) is -0.0646. The highest BCUT2D eigenvalue weighted by molar-refractivity contribution is 6.31. The molecule has 0 saturated carbocycles. The maximum Gasteiger partial charge on any atom is 0.255 e. The van der Waals surface area contributed by atoms with Gasteiger partial charge in [-0.3, -0.25) is 9.59 Å². The Morgan fingerprint density at radius 2 is 1.39 bits per heavy atom. The zero-order valence-electron chi connectivity index (χ0n) is 15.5. The van der Waals surface area contributed by atoms with Crippen LogP contribution in [0.5, 0.6) is 5.75 Å². The number of halogens is 1. The number of aryl methyl sites for hydroxylation is 1. The minimum absolute atomic E-state index is 0.243. The van der Waals surface area contributed by atoms with Crippen LogP contribution in [0.2, 0.25) is 5.02 Å². The van der Waals surface area contributed by atoms with Crippen LogP contribution in [0.4, 0.5) is 11.4 Å². The van der Waals surface area contributed by atoms with Crippen LogP contribution < -0.4 is 15.4 Å². The summed E-state index contributed by atoms with van der Waals surface area (Å²) in [6.07, 6.45) is 0. The van der Waals surface area contributed by atoms with Gasteiger partial charge < -0.3 is 15.4 Å². The number of amides is 2. The Morgan fingerprint density at radius 1 is 0.821 bits per heavy atom. The van der Waals surface area contributed by atoms with Gasteiger partial charge in [0.1, 0.15) is 5.75 Å². The summed E-state index contributed by atoms with van der Waals surface area (Å²) in [6, 6.07) is 18.9. The molecular weight excluding hydrogens is 376 g/mol. The van der Waals surface area contributed by atoms with Crippen LogP contribution >= 0.6 is 11.6 Å². The van der Waals surface area contributed by atoms with Crippen LogP contribution in [0, 0.1) is 6.92 Å². The third-order valence-corrected chi connectivity index (χ3v) is 4.36. The topological polar surface area (TPSA) is 67.4 Å². The Morgan fingerprint density at radius 3 is 1.96 bits per heavy atom. The molecule has 0 aromatic heterocycles. The average molecular weight is 395 g/mol. The summed E-state index contributed by atoms with van der Waals surface area (Å²) < 4.78 is 5.23. The second kappa shape index (κ2) is 8.59. The number of rotatable bonds is 5. The molecule has 0 aliphatic rings. The smallest absolute Gasteiger partial charge is 0.255 e. The number of benzene rings is 3. The van der Waals surface area contributed by atoms with Crippen LogP contribution in [0.25, 0.3) is 0 Å². The van der Waals surface area contributed by atoms with E-state index >= 15 is 0 Å². The molecule has 3 aromatic carbocycles. The summed E-state index contributed by atoms with van der Waals surface area (Å²) in [5.41, 5.74) is 3.17. The van der Waals surface area contributed by atoms with E-state index < -0.39 is 0 Å². The molecule has 0 unspecified atom stereocenters. The molecule has 3 aromatic rings. The van der Waals surface area contributed by atoms with E-state index in [1.165, 1.54) is 7.11 Å². The fraction of sp³-hybridized carbons (Fsp3) is 0.0909. The molecule has 28 heavy (non-hydrogen) atoms. The minimum Gasteiger partial charge on any atom is -0.495 e. The largest absolute Gasteiger partial charge is 0.495 e. The van der Waals surface area contributed by atoms with Crippen molar-refractivity contribution in [1.82, 2.24) is 0 Å². The summed E-state index contributed by atoms with van der Waals surface area (Å²) in [5, 5.41) is 6.07. The summed E-state index contributed by atoms with van der Waals surface area (Å²) >= 11 is 5.98. The molecule has 0 saturated heterocycles. The van der Waals surface area contributed by atoms with E-state index in [9.17, 15) is 9.59 Å². The molecule has 3 rings (SSSR count). The fourth-order valence-corrected chi connectivity index (χ4v) is 2.76. The first-order chi connectivity index (χ1) is 13.5. The number of hydrogen-bond donors (Lipinski definition) is 2. The van der Waals surface area contributed by atoms with Gasteiger partial charge in [0.2, 0.25) is 0 Å². The molecule has 2 amide bonds. The van der Waals surface area contributed by atoms with E-state index in [1.54, 1.807) is 42.5 Å². The lowest BCUT2D eigenvalue weighted by atomic mass is 10.1. The highest BCUT2D eigenvalue weighted by atomic mass is 35.5. The van der Waals surface area contributed by atoms with E-state index in [2.05, 4.69) is 10.6 Å². The minimum atomic E-state index is -0.328. The molecule has 6 heteroatoms. The average Bonchev–Trinajstić information content (AvgIpc) is 2.70. The van der Waals surface area contributed by atoms with Crippen molar-refractivity contribution in [2.75, 3.05) is 17.7 Å². The van der Waals surface area contributed by atoms with Gasteiger partial charge in [-0.05, 0) is 61.5 Å². The zero-order chi connectivity index (χ0) is 20.1. The summed E-state index contributed by atoms with van der Waals surface area (Å²) in [7, 11) is 1.51. The molecule has 0 atom stereocenters. The van der Waals surface area contributed by atoms with Crippen molar-refractivity contribution >= 4 is 34.8 Å². The van der Waals surface area contributed by atoms with E-state index in [1.807, 2.05) is 31.2 Å². The molecule has 0 heterocycles. The van der Waals surface area contributed by atoms with Gasteiger partial charge in [-0.25, -0.2) is 0 Å². The lowest BCUT2D eigenvalue weighted by Gasteiger charge is -2.11. The molecule has 142 valence electrons. The Hall–Kier alpha value is -3.31. The second-order valence-corrected chi connectivity index (χ2v) is 6.63. The molecule has 0 radical (unpaired) electrons. The molecule has 2 N–H and O–H groups in total. The maximum atomic E-state index is 12.5. The number of carbonyl (C=O) groups excluding carboxylic acids is 2. The van der Waals surface area contributed by atoms with Gasteiger partial charge in [0.15, 0.2) is 0 Å². The molecule has 0 bridgehead atoms. The molecular formula is C22H19ClN2O3. The Balaban J connectivity index is 1.69. The number of carbonyl (C=O) groups is 2. The number of nitrogens with one attached hydrogen (secondary N) is 2. The molecule has 5 nitrogen and oxygen atoms in total. The summed E-state index contributed by atoms with van der Waals surface area (Å²) in [4.78, 5) is 24.8. The molecule has 0 aliphatic carbocycles. The number of ether oxygens (including phenoxy) is 1. The van der Waals surface area contributed by atoms with Gasteiger partial charge in [-0.15, -0.1) is 0 Å². The van der Waals surface area contributed by atoms with E-state index in [0.29, 0.717) is 33.3 Å². The van der Waals surface area contributed by atoms with Crippen LogP contribution in [0.15, 0.2) is 66.7 Å². The highest BCUT2D eigenvalue weighted by Gasteiger charge is 2.12. The van der Waals surface area contributed by atoms with Crippen molar-refractivity contribution < 1.29 is 14.3 Å². The number of anilines is 2. The first-order valence-electron chi connectivity index (χ1n) is 8.59. The van der Waals surface area contributed by atoms with Crippen molar-refractivity contribution in [1.29, 1.82) is 0 Å². The lowest BCUT2D eigenvalue weighted by Crippen LogP contribution is -2.14. The standard InChI is InChI=1S/C22H19ClN2O3/c1-14-3-10-18(11-4-14)24-21(26)15-5-7-16(8-6-15)22(27)25-19-13-17(23)9-12-20(19)28-2/h3-13H,1-2H3,(H,24,26)(H,25,27).